The molecule has 0 radical (unpaired) electrons. The minimum Gasteiger partial charge on any atom is -0.317 e. The molecule has 0 atom stereocenters. The molecule has 1 aliphatic rings. The number of hydrogen-bond donors (Lipinski definition) is 1. The molecule has 0 saturated carbocycles. The number of nitrogens with one attached hydrogen (secondary N) is 1. The van der Waals surface area contributed by atoms with E-state index in [1.165, 1.54) is 31.6 Å². The first-order chi connectivity index (χ1) is 4.21. The molecule has 0 amide bonds. The Labute approximate surface area is 58.9 Å². The summed E-state index contributed by atoms with van der Waals surface area (Å²) in [6.07, 6.45) is 1.42. The van der Waals surface area contributed by atoms with Gasteiger partial charge in [0.05, 0.1) is 0 Å². The second-order valence-electron chi connectivity index (χ2n) is 3.77. The van der Waals surface area contributed by atoms with Crippen molar-refractivity contribution >= 4 is 8.07 Å². The second-order valence-corrected chi connectivity index (χ2v) is 9.10. The zero-order chi connectivity index (χ0) is 6.74. The Hall–Kier alpha value is 0.177. The van der Waals surface area contributed by atoms with Crippen molar-refractivity contribution in [1.29, 1.82) is 0 Å². The van der Waals surface area contributed by atoms with E-state index in [0.717, 1.165) is 0 Å². The van der Waals surface area contributed by atoms with Gasteiger partial charge in [-0.3, -0.25) is 0 Å². The number of rotatable bonds is 0. The lowest BCUT2D eigenvalue weighted by Crippen LogP contribution is -2.25. The fourth-order valence-corrected chi connectivity index (χ4v) is 3.61. The minimum absolute atomic E-state index is 0.703. The third kappa shape index (κ3) is 2.50. The highest BCUT2D eigenvalue weighted by atomic mass is 28.3. The first kappa shape index (κ1) is 7.29. The van der Waals surface area contributed by atoms with Crippen molar-refractivity contribution in [3.63, 3.8) is 0 Å². The molecule has 1 rings (SSSR count). The predicted octanol–water partition coefficient (Wildman–Crippen LogP) is 1.69. The summed E-state index contributed by atoms with van der Waals surface area (Å²) in [6, 6.07) is 3.01. The normalized spacial score (nSPS) is 27.3. The van der Waals surface area contributed by atoms with Crippen molar-refractivity contribution in [2.75, 3.05) is 13.1 Å². The second kappa shape index (κ2) is 2.84. The lowest BCUT2D eigenvalue weighted by molar-refractivity contribution is 0.720. The molecule has 9 heavy (non-hydrogen) atoms. The van der Waals surface area contributed by atoms with E-state index in [1.807, 2.05) is 0 Å². The van der Waals surface area contributed by atoms with E-state index in [2.05, 4.69) is 18.4 Å². The SMILES string of the molecule is C[Si]1(C)CCCNCC1. The smallest absolute Gasteiger partial charge is 0.0486 e. The third-order valence-electron chi connectivity index (χ3n) is 2.19. The van der Waals surface area contributed by atoms with Gasteiger partial charge >= 0.3 is 0 Å². The van der Waals surface area contributed by atoms with Crippen LogP contribution in [0.4, 0.5) is 0 Å². The Morgan fingerprint density at radius 2 is 1.89 bits per heavy atom. The fourth-order valence-electron chi connectivity index (χ4n) is 1.37. The van der Waals surface area contributed by atoms with Gasteiger partial charge in [0.1, 0.15) is 0 Å². The Morgan fingerprint density at radius 1 is 1.11 bits per heavy atom. The van der Waals surface area contributed by atoms with Gasteiger partial charge in [-0.05, 0) is 25.6 Å². The number of hydrogen-bond acceptors (Lipinski definition) is 1. The van der Waals surface area contributed by atoms with E-state index < -0.39 is 8.07 Å². The average molecular weight is 143 g/mol. The van der Waals surface area contributed by atoms with Crippen molar-refractivity contribution in [3.8, 4) is 0 Å². The largest absolute Gasteiger partial charge is 0.317 e. The van der Waals surface area contributed by atoms with Crippen molar-refractivity contribution in [2.45, 2.75) is 31.6 Å². The van der Waals surface area contributed by atoms with Crippen molar-refractivity contribution < 1.29 is 0 Å². The monoisotopic (exact) mass is 143 g/mol. The molecule has 1 aliphatic heterocycles. The molecule has 54 valence electrons. The molecule has 0 aromatic carbocycles. The van der Waals surface area contributed by atoms with Crippen LogP contribution in [0.15, 0.2) is 0 Å². The van der Waals surface area contributed by atoms with Crippen LogP contribution in [0.1, 0.15) is 6.42 Å². The molecule has 2 heteroatoms. The highest BCUT2D eigenvalue weighted by molar-refractivity contribution is 6.77. The Balaban J connectivity index is 2.36. The van der Waals surface area contributed by atoms with Gasteiger partial charge < -0.3 is 5.32 Å². The predicted molar refractivity (Wildman–Crippen MR) is 44.6 cm³/mol. The van der Waals surface area contributed by atoms with Crippen molar-refractivity contribution in [1.82, 2.24) is 5.32 Å². The van der Waals surface area contributed by atoms with E-state index in [1.54, 1.807) is 0 Å². The summed E-state index contributed by atoms with van der Waals surface area (Å²) >= 11 is 0. The molecule has 1 heterocycles. The first-order valence-electron chi connectivity index (χ1n) is 3.91. The van der Waals surface area contributed by atoms with Crippen LogP contribution in [0.2, 0.25) is 25.2 Å². The molecule has 1 nitrogen and oxygen atoms in total. The van der Waals surface area contributed by atoms with E-state index in [4.69, 9.17) is 0 Å². The lowest BCUT2D eigenvalue weighted by Gasteiger charge is -2.17. The summed E-state index contributed by atoms with van der Waals surface area (Å²) < 4.78 is 0. The van der Waals surface area contributed by atoms with E-state index in [9.17, 15) is 0 Å². The molecule has 0 aromatic rings. The molecule has 1 saturated heterocycles. The van der Waals surface area contributed by atoms with Gasteiger partial charge in [-0.25, -0.2) is 0 Å². The Morgan fingerprint density at radius 3 is 2.67 bits per heavy atom. The van der Waals surface area contributed by atoms with Crippen LogP contribution in [0.5, 0.6) is 0 Å². The maximum absolute atomic E-state index is 3.44. The topological polar surface area (TPSA) is 12.0 Å². The summed E-state index contributed by atoms with van der Waals surface area (Å²) in [5, 5.41) is 3.44. The molecule has 0 unspecified atom stereocenters. The zero-order valence-corrected chi connectivity index (χ0v) is 7.54. The molecule has 0 aliphatic carbocycles. The first-order valence-corrected chi connectivity index (χ1v) is 7.33. The summed E-state index contributed by atoms with van der Waals surface area (Å²) in [5.74, 6) is 0. The van der Waals surface area contributed by atoms with Crippen LogP contribution in [-0.4, -0.2) is 21.2 Å². The standard InChI is InChI=1S/C7H17NSi/c1-9(2)6-3-4-8-5-7-9/h8H,3-7H2,1-2H3. The zero-order valence-electron chi connectivity index (χ0n) is 6.54. The Bertz CT molecular complexity index is 80.9. The van der Waals surface area contributed by atoms with Crippen molar-refractivity contribution in [2.24, 2.45) is 0 Å². The molecule has 0 spiro atoms. The highest BCUT2D eigenvalue weighted by Gasteiger charge is 2.20. The van der Waals surface area contributed by atoms with Gasteiger partial charge in [-0.15, -0.1) is 0 Å². The summed E-state index contributed by atoms with van der Waals surface area (Å²) in [4.78, 5) is 0. The van der Waals surface area contributed by atoms with E-state index in [-0.39, 0.29) is 0 Å². The summed E-state index contributed by atoms with van der Waals surface area (Å²) in [7, 11) is -0.703. The van der Waals surface area contributed by atoms with Gasteiger partial charge in [0, 0.05) is 8.07 Å². The third-order valence-corrected chi connectivity index (χ3v) is 5.50. The van der Waals surface area contributed by atoms with E-state index in [0.29, 0.717) is 0 Å². The molecular weight excluding hydrogens is 126 g/mol. The molecular formula is C7H17NSi. The highest BCUT2D eigenvalue weighted by Crippen LogP contribution is 2.18. The quantitative estimate of drug-likeness (QED) is 0.509. The lowest BCUT2D eigenvalue weighted by atomic mass is 10.5. The molecule has 0 bridgehead atoms. The van der Waals surface area contributed by atoms with Crippen molar-refractivity contribution in [3.05, 3.63) is 0 Å². The van der Waals surface area contributed by atoms with Crippen LogP contribution >= 0.6 is 0 Å². The summed E-state index contributed by atoms with van der Waals surface area (Å²) in [5.41, 5.74) is 0. The summed E-state index contributed by atoms with van der Waals surface area (Å²) in [6.45, 7) is 7.54. The van der Waals surface area contributed by atoms with Crippen LogP contribution < -0.4 is 5.32 Å². The van der Waals surface area contributed by atoms with Gasteiger partial charge in [-0.1, -0.05) is 19.1 Å². The fraction of sp³-hybridized carbons (Fsp3) is 1.00. The van der Waals surface area contributed by atoms with Crippen LogP contribution in [0.25, 0.3) is 0 Å². The van der Waals surface area contributed by atoms with Gasteiger partial charge in [0.15, 0.2) is 0 Å². The Kier molecular flexibility index (Phi) is 2.30. The van der Waals surface area contributed by atoms with E-state index >= 15 is 0 Å². The van der Waals surface area contributed by atoms with Gasteiger partial charge in [-0.2, -0.15) is 0 Å². The maximum Gasteiger partial charge on any atom is 0.0486 e. The average Bonchev–Trinajstić information content (AvgIpc) is 1.92. The van der Waals surface area contributed by atoms with Gasteiger partial charge in [0.25, 0.3) is 0 Å². The van der Waals surface area contributed by atoms with Crippen LogP contribution in [-0.2, 0) is 0 Å². The van der Waals surface area contributed by atoms with Crippen LogP contribution in [0, 0.1) is 0 Å². The molecule has 0 aromatic heterocycles. The maximum atomic E-state index is 3.44. The molecule has 1 fully saturated rings. The van der Waals surface area contributed by atoms with Gasteiger partial charge in [0.2, 0.25) is 0 Å². The van der Waals surface area contributed by atoms with Crippen LogP contribution in [0.3, 0.4) is 0 Å². The minimum atomic E-state index is -0.703. The molecule has 1 N–H and O–H groups in total.